The van der Waals surface area contributed by atoms with Crippen molar-refractivity contribution in [1.82, 2.24) is 10.2 Å². The fraction of sp³-hybridized carbons (Fsp3) is 1.00. The summed E-state index contributed by atoms with van der Waals surface area (Å²) in [4.78, 5) is 2.49. The van der Waals surface area contributed by atoms with Crippen molar-refractivity contribution in [2.75, 3.05) is 33.7 Å². The van der Waals surface area contributed by atoms with Crippen LogP contribution in [0.1, 0.15) is 65.2 Å². The van der Waals surface area contributed by atoms with Crippen molar-refractivity contribution < 1.29 is 0 Å². The highest BCUT2D eigenvalue weighted by Crippen LogP contribution is 2.09. The summed E-state index contributed by atoms with van der Waals surface area (Å²) in [7, 11) is 4.29. The molecule has 0 saturated heterocycles. The summed E-state index contributed by atoms with van der Waals surface area (Å²) in [6, 6.07) is 0. The quantitative estimate of drug-likeness (QED) is 0.503. The highest BCUT2D eigenvalue weighted by atomic mass is 15.1. The first-order chi connectivity index (χ1) is 8.70. The molecule has 1 N–H and O–H groups in total. The molecule has 0 aromatic rings. The number of nitrogens with one attached hydrogen (secondary N) is 1. The second-order valence-electron chi connectivity index (χ2n) is 5.90. The maximum atomic E-state index is 3.25. The molecular weight excluding hydrogens is 220 g/mol. The second kappa shape index (κ2) is 13.4. The maximum absolute atomic E-state index is 3.25. The molecule has 0 fully saturated rings. The Morgan fingerprint density at radius 1 is 0.944 bits per heavy atom. The lowest BCUT2D eigenvalue weighted by Gasteiger charge is -2.21. The lowest BCUT2D eigenvalue weighted by Crippen LogP contribution is -2.30. The molecule has 1 unspecified atom stereocenters. The molecule has 0 amide bonds. The van der Waals surface area contributed by atoms with E-state index in [9.17, 15) is 0 Å². The van der Waals surface area contributed by atoms with Gasteiger partial charge in [0.15, 0.2) is 0 Å². The van der Waals surface area contributed by atoms with Crippen LogP contribution in [0.15, 0.2) is 0 Å². The molecule has 0 saturated carbocycles. The highest BCUT2D eigenvalue weighted by Gasteiger charge is 2.04. The fourth-order valence-corrected chi connectivity index (χ4v) is 2.55. The van der Waals surface area contributed by atoms with E-state index in [0.717, 1.165) is 12.5 Å². The van der Waals surface area contributed by atoms with Gasteiger partial charge in [0.2, 0.25) is 0 Å². The largest absolute Gasteiger partial charge is 0.319 e. The lowest BCUT2D eigenvalue weighted by atomic mass is 10.1. The van der Waals surface area contributed by atoms with Crippen molar-refractivity contribution in [1.29, 1.82) is 0 Å². The van der Waals surface area contributed by atoms with Crippen molar-refractivity contribution in [3.8, 4) is 0 Å². The molecule has 0 aliphatic carbocycles. The average molecular weight is 256 g/mol. The predicted octanol–water partition coefficient (Wildman–Crippen LogP) is 3.91. The zero-order valence-electron chi connectivity index (χ0n) is 13.3. The summed E-state index contributed by atoms with van der Waals surface area (Å²) in [6.45, 7) is 8.22. The van der Waals surface area contributed by atoms with Gasteiger partial charge in [0.1, 0.15) is 0 Å². The highest BCUT2D eigenvalue weighted by molar-refractivity contribution is 4.61. The van der Waals surface area contributed by atoms with Gasteiger partial charge in [0.05, 0.1) is 0 Å². The Balaban J connectivity index is 3.22. The van der Waals surface area contributed by atoms with Crippen LogP contribution < -0.4 is 5.32 Å². The molecule has 0 aromatic carbocycles. The monoisotopic (exact) mass is 256 g/mol. The van der Waals surface area contributed by atoms with Gasteiger partial charge in [-0.3, -0.25) is 0 Å². The Morgan fingerprint density at radius 2 is 1.50 bits per heavy atom. The van der Waals surface area contributed by atoms with E-state index in [0.29, 0.717) is 0 Å². The molecule has 0 bridgehead atoms. The van der Waals surface area contributed by atoms with Crippen molar-refractivity contribution in [2.45, 2.75) is 65.2 Å². The van der Waals surface area contributed by atoms with E-state index in [1.54, 1.807) is 0 Å². The van der Waals surface area contributed by atoms with Crippen LogP contribution in [0.2, 0.25) is 0 Å². The van der Waals surface area contributed by atoms with Crippen LogP contribution in [0.3, 0.4) is 0 Å². The molecule has 0 spiro atoms. The van der Waals surface area contributed by atoms with Crippen LogP contribution in [0.4, 0.5) is 0 Å². The van der Waals surface area contributed by atoms with Crippen molar-refractivity contribution in [3.63, 3.8) is 0 Å². The number of rotatable bonds is 13. The molecule has 0 aliphatic rings. The summed E-state index contributed by atoms with van der Waals surface area (Å²) >= 11 is 0. The first-order valence-corrected chi connectivity index (χ1v) is 8.03. The SMILES string of the molecule is CCCCCCCCCCN(C)CC(C)CNC. The molecule has 0 radical (unpaired) electrons. The van der Waals surface area contributed by atoms with E-state index >= 15 is 0 Å². The van der Waals surface area contributed by atoms with Gasteiger partial charge in [-0.15, -0.1) is 0 Å². The Bertz CT molecular complexity index is 159. The van der Waals surface area contributed by atoms with Gasteiger partial charge in [-0.25, -0.2) is 0 Å². The van der Waals surface area contributed by atoms with Crippen molar-refractivity contribution in [2.24, 2.45) is 5.92 Å². The summed E-state index contributed by atoms with van der Waals surface area (Å²) in [5.74, 6) is 0.758. The Morgan fingerprint density at radius 3 is 2.06 bits per heavy atom. The average Bonchev–Trinajstić information content (AvgIpc) is 2.32. The number of hydrogen-bond donors (Lipinski definition) is 1. The Hall–Kier alpha value is -0.0800. The molecule has 0 aliphatic heterocycles. The van der Waals surface area contributed by atoms with Gasteiger partial charge in [-0.05, 0) is 39.5 Å². The van der Waals surface area contributed by atoms with E-state index < -0.39 is 0 Å². The van der Waals surface area contributed by atoms with Crippen LogP contribution in [0, 0.1) is 5.92 Å². The van der Waals surface area contributed by atoms with Crippen LogP contribution >= 0.6 is 0 Å². The molecule has 0 rings (SSSR count). The summed E-state index contributed by atoms with van der Waals surface area (Å²) in [6.07, 6.45) is 11.3. The summed E-state index contributed by atoms with van der Waals surface area (Å²) in [5, 5.41) is 3.25. The van der Waals surface area contributed by atoms with Crippen molar-refractivity contribution >= 4 is 0 Å². The van der Waals surface area contributed by atoms with E-state index in [2.05, 4.69) is 31.1 Å². The van der Waals surface area contributed by atoms with E-state index in [-0.39, 0.29) is 0 Å². The minimum atomic E-state index is 0.758. The minimum absolute atomic E-state index is 0.758. The molecule has 2 nitrogen and oxygen atoms in total. The van der Waals surface area contributed by atoms with Gasteiger partial charge in [-0.2, -0.15) is 0 Å². The third kappa shape index (κ3) is 12.4. The Kier molecular flexibility index (Phi) is 13.3. The third-order valence-electron chi connectivity index (χ3n) is 3.57. The van der Waals surface area contributed by atoms with Crippen LogP contribution in [0.5, 0.6) is 0 Å². The smallest absolute Gasteiger partial charge is 0.00161 e. The fourth-order valence-electron chi connectivity index (χ4n) is 2.55. The zero-order chi connectivity index (χ0) is 13.6. The topological polar surface area (TPSA) is 15.3 Å². The van der Waals surface area contributed by atoms with Crippen LogP contribution in [-0.4, -0.2) is 38.6 Å². The summed E-state index contributed by atoms with van der Waals surface area (Å²) in [5.41, 5.74) is 0. The van der Waals surface area contributed by atoms with Crippen molar-refractivity contribution in [3.05, 3.63) is 0 Å². The second-order valence-corrected chi connectivity index (χ2v) is 5.90. The van der Waals surface area contributed by atoms with Gasteiger partial charge in [0, 0.05) is 6.54 Å². The maximum Gasteiger partial charge on any atom is 0.00161 e. The lowest BCUT2D eigenvalue weighted by molar-refractivity contribution is 0.277. The van der Waals surface area contributed by atoms with E-state index in [1.165, 1.54) is 64.5 Å². The molecular formula is C16H36N2. The number of nitrogens with zero attached hydrogens (tertiary/aromatic N) is 1. The molecule has 2 heteroatoms. The molecule has 0 heterocycles. The molecule has 18 heavy (non-hydrogen) atoms. The Labute approximate surface area is 116 Å². The number of unbranched alkanes of at least 4 members (excludes halogenated alkanes) is 7. The van der Waals surface area contributed by atoms with E-state index in [4.69, 9.17) is 0 Å². The zero-order valence-corrected chi connectivity index (χ0v) is 13.3. The summed E-state index contributed by atoms with van der Waals surface area (Å²) < 4.78 is 0. The first kappa shape index (κ1) is 17.9. The third-order valence-corrected chi connectivity index (χ3v) is 3.57. The molecule has 0 aromatic heterocycles. The minimum Gasteiger partial charge on any atom is -0.319 e. The van der Waals surface area contributed by atoms with Gasteiger partial charge >= 0.3 is 0 Å². The molecule has 1 atom stereocenters. The van der Waals surface area contributed by atoms with Crippen LogP contribution in [0.25, 0.3) is 0 Å². The molecule has 110 valence electrons. The van der Waals surface area contributed by atoms with Gasteiger partial charge in [0.25, 0.3) is 0 Å². The van der Waals surface area contributed by atoms with E-state index in [1.807, 2.05) is 7.05 Å². The van der Waals surface area contributed by atoms with Gasteiger partial charge < -0.3 is 10.2 Å². The van der Waals surface area contributed by atoms with Crippen LogP contribution in [-0.2, 0) is 0 Å². The van der Waals surface area contributed by atoms with Gasteiger partial charge in [-0.1, -0.05) is 58.8 Å². The first-order valence-electron chi connectivity index (χ1n) is 8.03. The normalized spacial score (nSPS) is 13.2. The predicted molar refractivity (Wildman–Crippen MR) is 83.2 cm³/mol. The standard InChI is InChI=1S/C16H36N2/c1-5-6-7-8-9-10-11-12-13-18(4)15-16(2)14-17-3/h16-17H,5-15H2,1-4H3. The number of hydrogen-bond acceptors (Lipinski definition) is 2.